The van der Waals surface area contributed by atoms with Gasteiger partial charge in [-0.25, -0.2) is 14.1 Å². The number of nitrogens with zero attached hydrogens (tertiary/aromatic N) is 3. The normalized spacial score (nSPS) is 11.3. The molecule has 0 saturated heterocycles. The van der Waals surface area contributed by atoms with Crippen LogP contribution in [0.4, 0.5) is 4.39 Å². The van der Waals surface area contributed by atoms with Gasteiger partial charge in [0.25, 0.3) is 11.1 Å². The summed E-state index contributed by atoms with van der Waals surface area (Å²) < 4.78 is 16.0. The van der Waals surface area contributed by atoms with Crippen molar-refractivity contribution in [2.24, 2.45) is 0 Å². The number of aromatic amines is 2. The third-order valence-electron chi connectivity index (χ3n) is 4.46. The molecule has 26 heavy (non-hydrogen) atoms. The van der Waals surface area contributed by atoms with Crippen molar-refractivity contribution in [3.63, 3.8) is 0 Å². The molecule has 8 heteroatoms. The molecule has 0 spiro atoms. The fourth-order valence-corrected chi connectivity index (χ4v) is 3.11. The van der Waals surface area contributed by atoms with Crippen LogP contribution in [-0.2, 0) is 13.0 Å². The lowest BCUT2D eigenvalue weighted by Crippen LogP contribution is -2.24. The van der Waals surface area contributed by atoms with Crippen molar-refractivity contribution >= 4 is 10.9 Å². The summed E-state index contributed by atoms with van der Waals surface area (Å²) in [6.45, 7) is 2.19. The second kappa shape index (κ2) is 6.14. The van der Waals surface area contributed by atoms with Gasteiger partial charge >= 0.3 is 0 Å². The van der Waals surface area contributed by atoms with Crippen LogP contribution in [0, 0.1) is 12.7 Å². The van der Waals surface area contributed by atoms with Crippen LogP contribution in [0.15, 0.2) is 52.4 Å². The highest BCUT2D eigenvalue weighted by Crippen LogP contribution is 2.14. The average Bonchev–Trinajstić information content (AvgIpc) is 3.23. The van der Waals surface area contributed by atoms with Crippen LogP contribution in [0.25, 0.3) is 16.6 Å². The molecule has 0 bridgehead atoms. The molecule has 0 unspecified atom stereocenters. The maximum absolute atomic E-state index is 13.1. The number of fused-ring (bicyclic) bond motifs is 1. The zero-order valence-corrected chi connectivity index (χ0v) is 14.0. The summed E-state index contributed by atoms with van der Waals surface area (Å²) in [5, 5.41) is 3.37. The number of nitrogens with one attached hydrogen (secondary N) is 2. The Morgan fingerprint density at radius 3 is 2.65 bits per heavy atom. The number of H-pyrrole nitrogens is 2. The summed E-state index contributed by atoms with van der Waals surface area (Å²) in [6.07, 6.45) is 3.89. The summed E-state index contributed by atoms with van der Waals surface area (Å²) >= 11 is 0. The molecule has 0 aliphatic rings. The molecule has 0 saturated carbocycles. The molecular weight excluding hydrogens is 337 g/mol. The smallest absolute Gasteiger partial charge is 0.280 e. The van der Waals surface area contributed by atoms with Gasteiger partial charge in [-0.3, -0.25) is 14.7 Å². The van der Waals surface area contributed by atoms with Gasteiger partial charge in [0.05, 0.1) is 22.9 Å². The third-order valence-corrected chi connectivity index (χ3v) is 4.46. The Balaban J connectivity index is 1.81. The highest BCUT2D eigenvalue weighted by atomic mass is 19.1. The molecule has 0 atom stereocenters. The standard InChI is InChI=1S/C18H16FN5O2/c1-11-17-15(8-16(25)23(11)7-6-13-9-20-10-21-13)22-24(18(17)26)14-4-2-12(19)3-5-14/h2-5,8-10,22H,6-7H2,1H3,(H,20,21). The Kier molecular flexibility index (Phi) is 3.80. The number of benzene rings is 1. The van der Waals surface area contributed by atoms with E-state index in [-0.39, 0.29) is 16.9 Å². The Morgan fingerprint density at radius 1 is 1.19 bits per heavy atom. The van der Waals surface area contributed by atoms with Crippen molar-refractivity contribution in [1.29, 1.82) is 0 Å². The van der Waals surface area contributed by atoms with E-state index in [2.05, 4.69) is 15.1 Å². The van der Waals surface area contributed by atoms with Gasteiger partial charge in [0.15, 0.2) is 0 Å². The molecule has 3 aromatic heterocycles. The van der Waals surface area contributed by atoms with Crippen LogP contribution >= 0.6 is 0 Å². The second-order valence-electron chi connectivity index (χ2n) is 6.06. The summed E-state index contributed by atoms with van der Waals surface area (Å²) in [5.41, 5.74) is 1.99. The summed E-state index contributed by atoms with van der Waals surface area (Å²) in [5.74, 6) is -0.382. The van der Waals surface area contributed by atoms with Crippen LogP contribution in [0.3, 0.4) is 0 Å². The maximum atomic E-state index is 13.1. The van der Waals surface area contributed by atoms with E-state index in [1.807, 2.05) is 0 Å². The van der Waals surface area contributed by atoms with Crippen molar-refractivity contribution in [2.75, 3.05) is 0 Å². The van der Waals surface area contributed by atoms with E-state index in [9.17, 15) is 14.0 Å². The van der Waals surface area contributed by atoms with Crippen molar-refractivity contribution in [2.45, 2.75) is 19.9 Å². The lowest BCUT2D eigenvalue weighted by Gasteiger charge is -2.09. The van der Waals surface area contributed by atoms with Crippen LogP contribution < -0.4 is 11.1 Å². The van der Waals surface area contributed by atoms with Gasteiger partial charge in [-0.1, -0.05) is 0 Å². The first kappa shape index (κ1) is 16.1. The molecule has 0 amide bonds. The number of pyridine rings is 1. The van der Waals surface area contributed by atoms with Gasteiger partial charge in [-0.05, 0) is 31.2 Å². The molecule has 7 nitrogen and oxygen atoms in total. The molecule has 0 aliphatic heterocycles. The lowest BCUT2D eigenvalue weighted by molar-refractivity contribution is 0.627. The summed E-state index contributed by atoms with van der Waals surface area (Å²) in [4.78, 5) is 32.3. The van der Waals surface area contributed by atoms with Gasteiger partial charge in [-0.2, -0.15) is 0 Å². The van der Waals surface area contributed by atoms with Crippen molar-refractivity contribution < 1.29 is 4.39 Å². The number of rotatable bonds is 4. The largest absolute Gasteiger partial charge is 0.348 e. The number of aryl methyl sites for hydroxylation is 2. The molecule has 3 heterocycles. The average molecular weight is 353 g/mol. The monoisotopic (exact) mass is 353 g/mol. The van der Waals surface area contributed by atoms with Crippen molar-refractivity contribution in [3.8, 4) is 5.69 Å². The van der Waals surface area contributed by atoms with E-state index in [1.165, 1.54) is 35.0 Å². The Morgan fingerprint density at radius 2 is 1.96 bits per heavy atom. The van der Waals surface area contributed by atoms with Gasteiger partial charge in [0.1, 0.15) is 5.82 Å². The van der Waals surface area contributed by atoms with E-state index in [0.29, 0.717) is 35.2 Å². The van der Waals surface area contributed by atoms with E-state index in [0.717, 1.165) is 5.69 Å². The minimum Gasteiger partial charge on any atom is -0.348 e. The zero-order chi connectivity index (χ0) is 18.3. The number of halogens is 1. The maximum Gasteiger partial charge on any atom is 0.280 e. The molecule has 1 aromatic carbocycles. The minimum absolute atomic E-state index is 0.193. The molecule has 0 fully saturated rings. The fraction of sp³-hybridized carbons (Fsp3) is 0.167. The number of imidazole rings is 1. The molecule has 4 rings (SSSR count). The van der Waals surface area contributed by atoms with Crippen molar-refractivity contribution in [1.82, 2.24) is 24.3 Å². The number of hydrogen-bond acceptors (Lipinski definition) is 3. The molecule has 4 aromatic rings. The predicted molar refractivity (Wildman–Crippen MR) is 95.1 cm³/mol. The van der Waals surface area contributed by atoms with E-state index >= 15 is 0 Å². The first-order valence-corrected chi connectivity index (χ1v) is 8.13. The van der Waals surface area contributed by atoms with E-state index < -0.39 is 0 Å². The molecule has 2 N–H and O–H groups in total. The van der Waals surface area contributed by atoms with Gasteiger partial charge in [0, 0.05) is 36.6 Å². The highest BCUT2D eigenvalue weighted by Gasteiger charge is 2.15. The van der Waals surface area contributed by atoms with Gasteiger partial charge in [-0.15, -0.1) is 0 Å². The van der Waals surface area contributed by atoms with Gasteiger partial charge < -0.3 is 9.55 Å². The SMILES string of the molecule is Cc1c2c(=O)n(-c3ccc(F)cc3)[nH]c2cc(=O)n1CCc1cnc[nH]1. The van der Waals surface area contributed by atoms with Crippen LogP contribution in [0.2, 0.25) is 0 Å². The Bertz CT molecular complexity index is 1180. The first-order valence-electron chi connectivity index (χ1n) is 8.13. The van der Waals surface area contributed by atoms with Crippen LogP contribution in [-0.4, -0.2) is 24.3 Å². The molecular formula is C18H16FN5O2. The molecule has 0 aliphatic carbocycles. The van der Waals surface area contributed by atoms with E-state index in [1.54, 1.807) is 24.0 Å². The van der Waals surface area contributed by atoms with Crippen molar-refractivity contribution in [3.05, 3.63) is 80.8 Å². The van der Waals surface area contributed by atoms with Crippen LogP contribution in [0.5, 0.6) is 0 Å². The lowest BCUT2D eigenvalue weighted by atomic mass is 10.2. The highest BCUT2D eigenvalue weighted by molar-refractivity contribution is 5.80. The Hall–Kier alpha value is -3.42. The van der Waals surface area contributed by atoms with Crippen LogP contribution in [0.1, 0.15) is 11.4 Å². The topological polar surface area (TPSA) is 88.5 Å². The number of aromatic nitrogens is 5. The van der Waals surface area contributed by atoms with Gasteiger partial charge in [0.2, 0.25) is 0 Å². The summed E-state index contributed by atoms with van der Waals surface area (Å²) in [6, 6.07) is 6.99. The quantitative estimate of drug-likeness (QED) is 0.587. The predicted octanol–water partition coefficient (Wildman–Crippen LogP) is 1.89. The second-order valence-corrected chi connectivity index (χ2v) is 6.06. The first-order chi connectivity index (χ1) is 12.5. The Labute approximate surface area is 146 Å². The zero-order valence-electron chi connectivity index (χ0n) is 14.0. The molecule has 0 radical (unpaired) electrons. The number of hydrogen-bond donors (Lipinski definition) is 2. The molecule has 132 valence electrons. The summed E-state index contributed by atoms with van der Waals surface area (Å²) in [7, 11) is 0. The van der Waals surface area contributed by atoms with E-state index in [4.69, 9.17) is 0 Å². The fourth-order valence-electron chi connectivity index (χ4n) is 3.11. The third kappa shape index (κ3) is 2.65. The minimum atomic E-state index is -0.382.